The van der Waals surface area contributed by atoms with Gasteiger partial charge < -0.3 is 25.7 Å². The molecule has 2 saturated heterocycles. The van der Waals surface area contributed by atoms with E-state index in [1.165, 1.54) is 4.90 Å². The molecule has 2 amide bonds. The molecule has 11 nitrogen and oxygen atoms in total. The molecule has 0 aliphatic carbocycles. The van der Waals surface area contributed by atoms with Gasteiger partial charge in [0.05, 0.1) is 5.75 Å². The first-order valence-electron chi connectivity index (χ1n) is 13.9. The quantitative estimate of drug-likeness (QED) is 0.230. The van der Waals surface area contributed by atoms with Crippen LogP contribution in [0.1, 0.15) is 51.5 Å². The molecule has 1 unspecified atom stereocenters. The minimum Gasteiger partial charge on any atom is -0.478 e. The molecule has 2 bridgehead atoms. The number of amides is 2. The van der Waals surface area contributed by atoms with Gasteiger partial charge in [0.25, 0.3) is 0 Å². The van der Waals surface area contributed by atoms with Gasteiger partial charge in [0, 0.05) is 55.9 Å². The van der Waals surface area contributed by atoms with Crippen molar-refractivity contribution in [1.29, 1.82) is 0 Å². The van der Waals surface area contributed by atoms with Crippen molar-refractivity contribution in [2.45, 2.75) is 70.5 Å². The number of carboxylic acids is 2. The predicted octanol–water partition coefficient (Wildman–Crippen LogP) is 2.13. The van der Waals surface area contributed by atoms with Gasteiger partial charge in [0.2, 0.25) is 11.8 Å². The van der Waals surface area contributed by atoms with E-state index in [-0.39, 0.29) is 48.1 Å². The lowest BCUT2D eigenvalue weighted by Crippen LogP contribution is -2.50. The number of carbonyl (C=O) groups excluding carboxylic acids is 2. The molecule has 2 aliphatic heterocycles. The topological polar surface area (TPSA) is 175 Å². The van der Waals surface area contributed by atoms with Crippen LogP contribution in [0, 0.1) is 23.4 Å². The Balaban J connectivity index is 0.000000708. The van der Waals surface area contributed by atoms with Crippen molar-refractivity contribution in [3.8, 4) is 0 Å². The number of hydrogen-bond acceptors (Lipinski definition) is 7. The van der Waals surface area contributed by atoms with Crippen LogP contribution in [0.2, 0.25) is 0 Å². The normalized spacial score (nSPS) is 20.3. The van der Waals surface area contributed by atoms with Gasteiger partial charge in [-0.25, -0.2) is 31.2 Å². The predicted molar refractivity (Wildman–Crippen MR) is 150 cm³/mol. The number of nitrogens with zero attached hydrogens (tertiary/aromatic N) is 2. The van der Waals surface area contributed by atoms with E-state index in [0.717, 1.165) is 18.9 Å². The Labute approximate surface area is 248 Å². The molecule has 4 N–H and O–H groups in total. The highest BCUT2D eigenvalue weighted by atomic mass is 32.2. The Morgan fingerprint density at radius 1 is 0.977 bits per heavy atom. The zero-order chi connectivity index (χ0) is 32.5. The van der Waals surface area contributed by atoms with Crippen LogP contribution in [-0.4, -0.2) is 94.9 Å². The highest BCUT2D eigenvalue weighted by Crippen LogP contribution is 2.40. The summed E-state index contributed by atoms with van der Waals surface area (Å²) in [5, 5.41) is 15.6. The van der Waals surface area contributed by atoms with Crippen LogP contribution in [0.15, 0.2) is 24.3 Å². The van der Waals surface area contributed by atoms with E-state index in [2.05, 4.69) is 0 Å². The Morgan fingerprint density at radius 3 is 1.98 bits per heavy atom. The number of aliphatic carboxylic acids is 2. The first-order chi connectivity index (χ1) is 20.1. The fourth-order valence-corrected chi connectivity index (χ4v) is 6.75. The molecule has 0 saturated carbocycles. The zero-order valence-corrected chi connectivity index (χ0v) is 24.9. The van der Waals surface area contributed by atoms with E-state index in [1.807, 2.05) is 0 Å². The van der Waals surface area contributed by atoms with Gasteiger partial charge in [-0.05, 0) is 63.5 Å². The summed E-state index contributed by atoms with van der Waals surface area (Å²) in [6.45, 7) is 4.40. The van der Waals surface area contributed by atoms with E-state index >= 15 is 0 Å². The third kappa shape index (κ3) is 10.6. The summed E-state index contributed by atoms with van der Waals surface area (Å²) >= 11 is 0. The van der Waals surface area contributed by atoms with E-state index in [1.54, 1.807) is 18.7 Å². The van der Waals surface area contributed by atoms with E-state index in [9.17, 15) is 40.8 Å². The Hall–Kier alpha value is -3.46. The van der Waals surface area contributed by atoms with Crippen LogP contribution < -0.4 is 5.73 Å². The second kappa shape index (κ2) is 15.8. The SMILES string of the molecule is CCN(CC)C(=O)CS(=O)(=O)CCC(=O)N1[C@@H]2CC[C@H]1CC([C@H](N)Cc1cc(F)c(F)cc1F)C2.O=C(O)/C=C\C(=O)O. The van der Waals surface area contributed by atoms with Crippen molar-refractivity contribution >= 4 is 33.6 Å². The maximum atomic E-state index is 14.0. The molecule has 0 aromatic heterocycles. The fraction of sp³-hybridized carbons (Fsp3) is 0.571. The summed E-state index contributed by atoms with van der Waals surface area (Å²) in [4.78, 5) is 47.4. The van der Waals surface area contributed by atoms with Crippen LogP contribution in [-0.2, 0) is 35.4 Å². The molecule has 0 spiro atoms. The number of halogens is 3. The molecular formula is C28H38F3N3O8S. The van der Waals surface area contributed by atoms with Crippen molar-refractivity contribution in [2.24, 2.45) is 11.7 Å². The van der Waals surface area contributed by atoms with Gasteiger partial charge in [-0.15, -0.1) is 0 Å². The molecule has 15 heteroatoms. The van der Waals surface area contributed by atoms with Crippen LogP contribution in [0.25, 0.3) is 0 Å². The first-order valence-corrected chi connectivity index (χ1v) is 15.7. The molecule has 4 atom stereocenters. The highest BCUT2D eigenvalue weighted by molar-refractivity contribution is 7.92. The molecule has 3 rings (SSSR count). The average molecular weight is 634 g/mol. The van der Waals surface area contributed by atoms with Gasteiger partial charge in [0.15, 0.2) is 21.5 Å². The Kier molecular flexibility index (Phi) is 13.2. The number of fused-ring (bicyclic) bond motifs is 2. The summed E-state index contributed by atoms with van der Waals surface area (Å²) in [6, 6.07) is 0.690. The molecule has 2 aliphatic rings. The van der Waals surface area contributed by atoms with E-state index < -0.39 is 56.9 Å². The lowest BCUT2D eigenvalue weighted by Gasteiger charge is -2.41. The molecular weight excluding hydrogens is 595 g/mol. The molecule has 240 valence electrons. The van der Waals surface area contributed by atoms with Crippen molar-refractivity contribution < 1.29 is 51.0 Å². The molecule has 0 radical (unpaired) electrons. The summed E-state index contributed by atoms with van der Waals surface area (Å²) in [5.74, 6) is -7.45. The number of nitrogens with two attached hydrogens (primary N) is 1. The number of rotatable bonds is 12. The monoisotopic (exact) mass is 633 g/mol. The number of benzene rings is 1. The lowest BCUT2D eigenvalue weighted by atomic mass is 9.82. The van der Waals surface area contributed by atoms with Crippen LogP contribution in [0.4, 0.5) is 13.2 Å². The number of carbonyl (C=O) groups is 4. The van der Waals surface area contributed by atoms with Gasteiger partial charge in [-0.2, -0.15) is 0 Å². The summed E-state index contributed by atoms with van der Waals surface area (Å²) in [5.41, 5.74) is 6.34. The van der Waals surface area contributed by atoms with E-state index in [0.29, 0.717) is 44.1 Å². The number of sulfone groups is 1. The van der Waals surface area contributed by atoms with Gasteiger partial charge in [0.1, 0.15) is 11.6 Å². The van der Waals surface area contributed by atoms with Gasteiger partial charge >= 0.3 is 11.9 Å². The van der Waals surface area contributed by atoms with Crippen LogP contribution in [0.5, 0.6) is 0 Å². The smallest absolute Gasteiger partial charge is 0.328 e. The van der Waals surface area contributed by atoms with Gasteiger partial charge in [-0.3, -0.25) is 9.59 Å². The molecule has 1 aromatic carbocycles. The number of piperidine rings is 1. The minimum absolute atomic E-state index is 0.0201. The molecule has 2 fully saturated rings. The molecule has 2 heterocycles. The van der Waals surface area contributed by atoms with Crippen molar-refractivity contribution in [2.75, 3.05) is 24.6 Å². The Bertz CT molecular complexity index is 1290. The summed E-state index contributed by atoms with van der Waals surface area (Å²) in [7, 11) is -3.72. The largest absolute Gasteiger partial charge is 0.478 e. The van der Waals surface area contributed by atoms with Crippen molar-refractivity contribution in [3.63, 3.8) is 0 Å². The standard InChI is InChI=1S/C24H34F3N3O4S.C4H4O4/c1-3-29(4-2)24(32)14-35(33,34)8-7-23(31)30-17-5-6-18(30)10-16(9-17)22(28)12-15-11-20(26)21(27)13-19(15)25;5-3(6)1-2-4(7)8/h11,13,16-18,22H,3-10,12,14,28H2,1-2H3;1-2H,(H,5,6)(H,7,8)/b;2-1-/t16?,17-,18+,22-;/m1./s1. The Morgan fingerprint density at radius 2 is 1.49 bits per heavy atom. The first kappa shape index (κ1) is 35.7. The average Bonchev–Trinajstić information content (AvgIpc) is 3.18. The summed E-state index contributed by atoms with van der Waals surface area (Å²) < 4.78 is 65.6. The fourth-order valence-electron chi connectivity index (χ4n) is 5.56. The molecule has 1 aromatic rings. The van der Waals surface area contributed by atoms with Gasteiger partial charge in [-0.1, -0.05) is 0 Å². The minimum atomic E-state index is -3.72. The third-order valence-corrected chi connectivity index (χ3v) is 9.18. The van der Waals surface area contributed by atoms with Crippen LogP contribution in [0.3, 0.4) is 0 Å². The molecule has 43 heavy (non-hydrogen) atoms. The van der Waals surface area contributed by atoms with Crippen molar-refractivity contribution in [3.05, 3.63) is 47.3 Å². The summed E-state index contributed by atoms with van der Waals surface area (Å²) in [6.07, 6.45) is 3.70. The number of hydrogen-bond donors (Lipinski definition) is 3. The maximum absolute atomic E-state index is 14.0. The maximum Gasteiger partial charge on any atom is 0.328 e. The zero-order valence-electron chi connectivity index (χ0n) is 24.0. The van der Waals surface area contributed by atoms with Crippen LogP contribution >= 0.6 is 0 Å². The highest BCUT2D eigenvalue weighted by Gasteiger charge is 2.44. The second-order valence-electron chi connectivity index (χ2n) is 10.6. The third-order valence-electron chi connectivity index (χ3n) is 7.66. The second-order valence-corrected chi connectivity index (χ2v) is 12.7. The van der Waals surface area contributed by atoms with E-state index in [4.69, 9.17) is 15.9 Å². The number of carboxylic acid groups (broad SMARTS) is 2. The van der Waals surface area contributed by atoms with Crippen molar-refractivity contribution in [1.82, 2.24) is 9.80 Å². The lowest BCUT2D eigenvalue weighted by molar-refractivity contribution is -0.136.